The molecule has 0 unspecified atom stereocenters. The molecule has 0 saturated carbocycles. The second-order valence-corrected chi connectivity index (χ2v) is 4.28. The predicted molar refractivity (Wildman–Crippen MR) is 67.9 cm³/mol. The fourth-order valence-electron chi connectivity index (χ4n) is 1.75. The molecule has 1 aromatic carbocycles. The van der Waals surface area contributed by atoms with Crippen LogP contribution in [0.2, 0.25) is 0 Å². The van der Waals surface area contributed by atoms with E-state index >= 15 is 0 Å². The lowest BCUT2D eigenvalue weighted by Gasteiger charge is -2.05. The topological polar surface area (TPSA) is 117 Å². The summed E-state index contributed by atoms with van der Waals surface area (Å²) in [6.07, 6.45) is 3.40. The summed E-state index contributed by atoms with van der Waals surface area (Å²) in [7, 11) is 0. The summed E-state index contributed by atoms with van der Waals surface area (Å²) in [6, 6.07) is 2.74. The first-order chi connectivity index (χ1) is 9.10. The number of aryl methyl sites for hydroxylation is 1. The van der Waals surface area contributed by atoms with Crippen molar-refractivity contribution >= 4 is 0 Å². The van der Waals surface area contributed by atoms with Gasteiger partial charge < -0.3 is 21.1 Å². The lowest BCUT2D eigenvalue weighted by Crippen LogP contribution is -2.01. The maximum Gasteiger partial charge on any atom is 0.200 e. The summed E-state index contributed by atoms with van der Waals surface area (Å²) < 4.78 is 1.59. The summed E-state index contributed by atoms with van der Waals surface area (Å²) in [4.78, 5) is 0. The van der Waals surface area contributed by atoms with Crippen molar-refractivity contribution in [1.82, 2.24) is 15.0 Å². The molecule has 0 atom stereocenters. The molecule has 7 heteroatoms. The van der Waals surface area contributed by atoms with Crippen molar-refractivity contribution in [3.05, 3.63) is 29.6 Å². The molecule has 0 aliphatic heterocycles. The van der Waals surface area contributed by atoms with Gasteiger partial charge in [0.1, 0.15) is 0 Å². The van der Waals surface area contributed by atoms with E-state index in [4.69, 9.17) is 5.73 Å². The molecule has 19 heavy (non-hydrogen) atoms. The minimum atomic E-state index is -0.522. The molecular weight excluding hydrogens is 248 g/mol. The predicted octanol–water partition coefficient (Wildman–Crippen LogP) is 0.334. The lowest BCUT2D eigenvalue weighted by atomic mass is 10.2. The van der Waals surface area contributed by atoms with Crippen molar-refractivity contribution in [1.29, 1.82) is 0 Å². The van der Waals surface area contributed by atoms with Crippen LogP contribution in [0.25, 0.3) is 0 Å². The number of aromatic hydroxyl groups is 3. The van der Waals surface area contributed by atoms with Crippen LogP contribution in [0, 0.1) is 0 Å². The number of rotatable bonds is 5. The second kappa shape index (κ2) is 5.57. The summed E-state index contributed by atoms with van der Waals surface area (Å²) in [6.45, 7) is 0.948. The van der Waals surface area contributed by atoms with Crippen LogP contribution in [0.5, 0.6) is 17.2 Å². The average Bonchev–Trinajstić information content (AvgIpc) is 2.81. The maximum absolute atomic E-state index is 9.41. The van der Waals surface area contributed by atoms with Crippen molar-refractivity contribution in [2.45, 2.75) is 19.4 Å². The van der Waals surface area contributed by atoms with Gasteiger partial charge in [-0.1, -0.05) is 5.21 Å². The summed E-state index contributed by atoms with van der Waals surface area (Å²) in [5.74, 6) is -1.25. The maximum atomic E-state index is 9.41. The molecule has 1 heterocycles. The fraction of sp³-hybridized carbons (Fsp3) is 0.333. The van der Waals surface area contributed by atoms with Gasteiger partial charge in [-0.25, -0.2) is 4.68 Å². The highest BCUT2D eigenvalue weighted by molar-refractivity contribution is 5.51. The van der Waals surface area contributed by atoms with Gasteiger partial charge in [0, 0.05) is 6.20 Å². The highest BCUT2D eigenvalue weighted by atomic mass is 16.3. The van der Waals surface area contributed by atoms with E-state index in [1.807, 2.05) is 0 Å². The van der Waals surface area contributed by atoms with Crippen molar-refractivity contribution < 1.29 is 15.3 Å². The zero-order valence-corrected chi connectivity index (χ0v) is 10.3. The highest BCUT2D eigenvalue weighted by Crippen LogP contribution is 2.35. The average molecular weight is 264 g/mol. The SMILES string of the molecule is NCCCc1cn(Cc2cc(O)c(O)c(O)c2)nn1. The Bertz CT molecular complexity index is 545. The Morgan fingerprint density at radius 3 is 2.47 bits per heavy atom. The number of aromatic nitrogens is 3. The van der Waals surface area contributed by atoms with Crippen LogP contribution >= 0.6 is 0 Å². The molecule has 2 aromatic rings. The molecular formula is C12H16N4O3. The molecule has 0 bridgehead atoms. The minimum absolute atomic E-state index is 0.344. The molecule has 0 fully saturated rings. The number of hydrogen-bond donors (Lipinski definition) is 4. The van der Waals surface area contributed by atoms with Crippen LogP contribution < -0.4 is 5.73 Å². The number of nitrogens with two attached hydrogens (primary N) is 1. The van der Waals surface area contributed by atoms with Gasteiger partial charge in [0.15, 0.2) is 17.2 Å². The van der Waals surface area contributed by atoms with Crippen LogP contribution in [-0.2, 0) is 13.0 Å². The van der Waals surface area contributed by atoms with Crippen LogP contribution in [0.3, 0.4) is 0 Å². The van der Waals surface area contributed by atoms with Gasteiger partial charge in [-0.05, 0) is 37.1 Å². The minimum Gasteiger partial charge on any atom is -0.504 e. The molecule has 0 spiro atoms. The third-order valence-corrected chi connectivity index (χ3v) is 2.70. The van der Waals surface area contributed by atoms with Gasteiger partial charge in [0.25, 0.3) is 0 Å². The Balaban J connectivity index is 2.10. The normalized spacial score (nSPS) is 10.8. The van der Waals surface area contributed by atoms with Crippen LogP contribution in [0.1, 0.15) is 17.7 Å². The third-order valence-electron chi connectivity index (χ3n) is 2.70. The first-order valence-electron chi connectivity index (χ1n) is 5.93. The molecule has 0 aliphatic carbocycles. The van der Waals surface area contributed by atoms with Crippen LogP contribution in [0.4, 0.5) is 0 Å². The van der Waals surface area contributed by atoms with Gasteiger partial charge in [0.05, 0.1) is 12.2 Å². The molecule has 0 saturated heterocycles. The van der Waals surface area contributed by atoms with Crippen molar-refractivity contribution in [3.63, 3.8) is 0 Å². The largest absolute Gasteiger partial charge is 0.504 e. The lowest BCUT2D eigenvalue weighted by molar-refractivity contribution is 0.366. The number of benzene rings is 1. The zero-order chi connectivity index (χ0) is 13.8. The highest BCUT2D eigenvalue weighted by Gasteiger charge is 2.09. The first kappa shape index (κ1) is 13.2. The first-order valence-corrected chi connectivity index (χ1v) is 5.93. The number of hydrogen-bond acceptors (Lipinski definition) is 6. The number of phenols is 3. The van der Waals surface area contributed by atoms with Gasteiger partial charge in [-0.3, -0.25) is 0 Å². The van der Waals surface area contributed by atoms with Gasteiger partial charge in [-0.15, -0.1) is 5.10 Å². The third kappa shape index (κ3) is 3.14. The van der Waals surface area contributed by atoms with Gasteiger partial charge >= 0.3 is 0 Å². The van der Waals surface area contributed by atoms with Gasteiger partial charge in [-0.2, -0.15) is 0 Å². The van der Waals surface area contributed by atoms with Crippen LogP contribution in [-0.4, -0.2) is 36.9 Å². The molecule has 102 valence electrons. The Kier molecular flexibility index (Phi) is 3.86. The summed E-state index contributed by atoms with van der Waals surface area (Å²) in [5, 5.41) is 36.0. The number of nitrogens with zero attached hydrogens (tertiary/aromatic N) is 3. The quantitative estimate of drug-likeness (QED) is 0.578. The second-order valence-electron chi connectivity index (χ2n) is 4.28. The van der Waals surface area contributed by atoms with Crippen molar-refractivity contribution in [2.75, 3.05) is 6.54 Å². The zero-order valence-electron chi connectivity index (χ0n) is 10.3. The summed E-state index contributed by atoms with van der Waals surface area (Å²) in [5.41, 5.74) is 6.88. The van der Waals surface area contributed by atoms with E-state index < -0.39 is 5.75 Å². The van der Waals surface area contributed by atoms with E-state index in [2.05, 4.69) is 10.3 Å². The Hall–Kier alpha value is -2.28. The van der Waals surface area contributed by atoms with Crippen molar-refractivity contribution in [3.8, 4) is 17.2 Å². The van der Waals surface area contributed by atoms with Gasteiger partial charge in [0.2, 0.25) is 0 Å². The van der Waals surface area contributed by atoms with Crippen molar-refractivity contribution in [2.24, 2.45) is 5.73 Å². The van der Waals surface area contributed by atoms with E-state index in [9.17, 15) is 15.3 Å². The number of phenolic OH excluding ortho intramolecular Hbond substituents is 3. The smallest absolute Gasteiger partial charge is 0.200 e. The summed E-state index contributed by atoms with van der Waals surface area (Å²) >= 11 is 0. The molecule has 7 nitrogen and oxygen atoms in total. The van der Waals surface area contributed by atoms with E-state index in [-0.39, 0.29) is 11.5 Å². The van der Waals surface area contributed by atoms with E-state index in [1.165, 1.54) is 12.1 Å². The molecule has 0 amide bonds. The molecule has 0 aliphatic rings. The Labute approximate surface area is 109 Å². The Morgan fingerprint density at radius 1 is 1.16 bits per heavy atom. The van der Waals surface area contributed by atoms with Crippen LogP contribution in [0.15, 0.2) is 18.3 Å². The fourth-order valence-corrected chi connectivity index (χ4v) is 1.75. The van der Waals surface area contributed by atoms with E-state index in [1.54, 1.807) is 10.9 Å². The monoisotopic (exact) mass is 264 g/mol. The standard InChI is InChI=1S/C12H16N4O3/c13-3-1-2-9-7-16(15-14-9)6-8-4-10(17)12(19)11(18)5-8/h4-5,7,17-19H,1-3,6,13H2. The Morgan fingerprint density at radius 2 is 1.84 bits per heavy atom. The van der Waals surface area contributed by atoms with E-state index in [0.29, 0.717) is 18.7 Å². The molecule has 2 rings (SSSR count). The van der Waals surface area contributed by atoms with E-state index in [0.717, 1.165) is 18.5 Å². The molecule has 5 N–H and O–H groups in total. The molecule has 1 aromatic heterocycles. The molecule has 0 radical (unpaired) electrons.